The Bertz CT molecular complexity index is 656. The van der Waals surface area contributed by atoms with Crippen molar-refractivity contribution in [3.8, 4) is 0 Å². The van der Waals surface area contributed by atoms with E-state index in [-0.39, 0.29) is 16.5 Å². The average molecular weight is 298 g/mol. The number of allylic oxidation sites excluding steroid dienone is 1. The van der Waals surface area contributed by atoms with Gasteiger partial charge in [0.1, 0.15) is 5.82 Å². The van der Waals surface area contributed by atoms with Crippen molar-refractivity contribution >= 4 is 15.9 Å². The van der Waals surface area contributed by atoms with Crippen molar-refractivity contribution in [3.63, 3.8) is 0 Å². The first-order valence-electron chi connectivity index (χ1n) is 6.16. The van der Waals surface area contributed by atoms with Crippen LogP contribution in [-0.2, 0) is 10.0 Å². The molecule has 3 N–H and O–H groups in total. The summed E-state index contributed by atoms with van der Waals surface area (Å²) in [5.74, 6) is -1.45. The number of amides is 1. The zero-order valence-corrected chi connectivity index (χ0v) is 11.5. The number of hydrogen-bond acceptors (Lipinski definition) is 3. The summed E-state index contributed by atoms with van der Waals surface area (Å²) in [6, 6.07) is 2.98. The molecule has 1 unspecified atom stereocenters. The molecule has 0 aliphatic heterocycles. The van der Waals surface area contributed by atoms with Crippen LogP contribution in [0.5, 0.6) is 0 Å². The van der Waals surface area contributed by atoms with Gasteiger partial charge in [0.05, 0.1) is 10.5 Å². The summed E-state index contributed by atoms with van der Waals surface area (Å²) in [4.78, 5) is 11.6. The number of rotatable bonds is 3. The summed E-state index contributed by atoms with van der Waals surface area (Å²) >= 11 is 0. The van der Waals surface area contributed by atoms with E-state index in [1.807, 2.05) is 12.2 Å². The molecule has 0 fully saturated rings. The molecule has 0 bridgehead atoms. The van der Waals surface area contributed by atoms with Gasteiger partial charge in [0.25, 0.3) is 5.91 Å². The highest BCUT2D eigenvalue weighted by atomic mass is 32.2. The summed E-state index contributed by atoms with van der Waals surface area (Å²) in [5, 5.41) is 7.62. The highest BCUT2D eigenvalue weighted by Gasteiger charge is 2.19. The largest absolute Gasteiger partial charge is 0.349 e. The molecular formula is C13H15FN2O3S. The maximum Gasteiger partial charge on any atom is 0.254 e. The number of carbonyl (C=O) groups excluding carboxylic acids is 1. The summed E-state index contributed by atoms with van der Waals surface area (Å²) in [7, 11) is -3.98. The second-order valence-corrected chi connectivity index (χ2v) is 6.20. The Morgan fingerprint density at radius 2 is 2.10 bits per heavy atom. The van der Waals surface area contributed by atoms with Crippen molar-refractivity contribution in [3.05, 3.63) is 41.7 Å². The number of hydrogen-bond donors (Lipinski definition) is 2. The first-order chi connectivity index (χ1) is 9.38. The van der Waals surface area contributed by atoms with Crippen LogP contribution in [0.1, 0.15) is 29.6 Å². The summed E-state index contributed by atoms with van der Waals surface area (Å²) in [6.07, 6.45) is 6.39. The van der Waals surface area contributed by atoms with Gasteiger partial charge in [-0.25, -0.2) is 17.9 Å². The second kappa shape index (κ2) is 5.72. The second-order valence-electron chi connectivity index (χ2n) is 4.64. The van der Waals surface area contributed by atoms with Gasteiger partial charge >= 0.3 is 0 Å². The lowest BCUT2D eigenvalue weighted by Gasteiger charge is -2.19. The molecule has 1 aromatic rings. The Morgan fingerprint density at radius 3 is 2.65 bits per heavy atom. The van der Waals surface area contributed by atoms with Gasteiger partial charge in [-0.1, -0.05) is 12.2 Å². The quantitative estimate of drug-likeness (QED) is 0.825. The van der Waals surface area contributed by atoms with Crippen LogP contribution in [0, 0.1) is 5.82 Å². The van der Waals surface area contributed by atoms with Crippen molar-refractivity contribution in [2.45, 2.75) is 30.2 Å². The lowest BCUT2D eigenvalue weighted by atomic mass is 10.0. The number of benzene rings is 1. The van der Waals surface area contributed by atoms with E-state index in [4.69, 9.17) is 5.14 Å². The minimum atomic E-state index is -3.98. The molecule has 0 heterocycles. The van der Waals surface area contributed by atoms with Gasteiger partial charge in [0.2, 0.25) is 10.0 Å². The third-order valence-corrected chi connectivity index (χ3v) is 4.03. The van der Waals surface area contributed by atoms with Gasteiger partial charge in [0, 0.05) is 6.04 Å². The maximum absolute atomic E-state index is 13.8. The van der Waals surface area contributed by atoms with E-state index in [1.54, 1.807) is 0 Å². The number of carbonyl (C=O) groups is 1. The summed E-state index contributed by atoms with van der Waals surface area (Å²) < 4.78 is 36.0. The zero-order valence-electron chi connectivity index (χ0n) is 10.7. The van der Waals surface area contributed by atoms with Gasteiger partial charge in [-0.15, -0.1) is 0 Å². The normalized spacial score (nSPS) is 18.8. The van der Waals surface area contributed by atoms with E-state index < -0.39 is 21.7 Å². The molecule has 5 nitrogen and oxygen atoms in total. The first-order valence-corrected chi connectivity index (χ1v) is 7.71. The molecule has 0 spiro atoms. The highest BCUT2D eigenvalue weighted by molar-refractivity contribution is 7.89. The Kier molecular flexibility index (Phi) is 4.20. The fourth-order valence-corrected chi connectivity index (χ4v) is 2.57. The number of halogens is 1. The molecule has 1 aromatic carbocycles. The maximum atomic E-state index is 13.8. The lowest BCUT2D eigenvalue weighted by molar-refractivity contribution is 0.0930. The van der Waals surface area contributed by atoms with Gasteiger partial charge in [-0.3, -0.25) is 4.79 Å². The van der Waals surface area contributed by atoms with Crippen LogP contribution in [-0.4, -0.2) is 20.4 Å². The number of nitrogens with two attached hydrogens (primary N) is 1. The smallest absolute Gasteiger partial charge is 0.254 e. The van der Waals surface area contributed by atoms with E-state index in [0.717, 1.165) is 31.0 Å². The lowest BCUT2D eigenvalue weighted by Crippen LogP contribution is -2.35. The first kappa shape index (κ1) is 14.7. The monoisotopic (exact) mass is 298 g/mol. The highest BCUT2D eigenvalue weighted by Crippen LogP contribution is 2.16. The SMILES string of the molecule is NS(=O)(=O)c1ccc(C(=O)NC2CC=CCC2)c(F)c1. The van der Waals surface area contributed by atoms with Crippen LogP contribution in [0.4, 0.5) is 4.39 Å². The van der Waals surface area contributed by atoms with Crippen molar-refractivity contribution in [1.29, 1.82) is 0 Å². The standard InChI is InChI=1S/C13H15FN2O3S/c14-12-8-10(20(15,18)19)6-7-11(12)13(17)16-9-4-2-1-3-5-9/h1-2,6-9H,3-5H2,(H,16,17)(H2,15,18,19). The average Bonchev–Trinajstić information content (AvgIpc) is 2.38. The molecule has 0 saturated heterocycles. The molecule has 7 heteroatoms. The van der Waals surface area contributed by atoms with Gasteiger partial charge in [0.15, 0.2) is 0 Å². The van der Waals surface area contributed by atoms with E-state index >= 15 is 0 Å². The Labute approximate surface area is 116 Å². The Hall–Kier alpha value is -1.73. The zero-order chi connectivity index (χ0) is 14.8. The fourth-order valence-electron chi connectivity index (χ4n) is 2.04. The number of primary sulfonamides is 1. The predicted octanol–water partition coefficient (Wildman–Crippen LogP) is 1.31. The number of sulfonamides is 1. The molecule has 1 aliphatic rings. The molecule has 0 radical (unpaired) electrons. The molecule has 1 amide bonds. The van der Waals surface area contributed by atoms with E-state index in [0.29, 0.717) is 6.42 Å². The van der Waals surface area contributed by atoms with E-state index in [2.05, 4.69) is 5.32 Å². The summed E-state index contributed by atoms with van der Waals surface area (Å²) in [6.45, 7) is 0. The molecule has 1 aliphatic carbocycles. The predicted molar refractivity (Wildman–Crippen MR) is 72.0 cm³/mol. The van der Waals surface area contributed by atoms with Crippen LogP contribution < -0.4 is 10.5 Å². The third kappa shape index (κ3) is 3.43. The van der Waals surface area contributed by atoms with Crippen molar-refractivity contribution in [1.82, 2.24) is 5.32 Å². The van der Waals surface area contributed by atoms with Crippen molar-refractivity contribution < 1.29 is 17.6 Å². The van der Waals surface area contributed by atoms with Crippen LogP contribution in [0.25, 0.3) is 0 Å². The van der Waals surface area contributed by atoms with Gasteiger partial charge in [-0.05, 0) is 37.5 Å². The van der Waals surface area contributed by atoms with Gasteiger partial charge < -0.3 is 5.32 Å². The van der Waals surface area contributed by atoms with Crippen LogP contribution in [0.3, 0.4) is 0 Å². The molecule has 2 rings (SSSR count). The minimum absolute atomic E-state index is 0.0233. The molecule has 1 atom stereocenters. The van der Waals surface area contributed by atoms with E-state index in [1.165, 1.54) is 0 Å². The fraction of sp³-hybridized carbons (Fsp3) is 0.308. The minimum Gasteiger partial charge on any atom is -0.349 e. The van der Waals surface area contributed by atoms with Crippen molar-refractivity contribution in [2.75, 3.05) is 0 Å². The molecule has 108 valence electrons. The molecule has 0 saturated carbocycles. The third-order valence-electron chi connectivity index (χ3n) is 3.12. The van der Waals surface area contributed by atoms with Crippen LogP contribution in [0.15, 0.2) is 35.2 Å². The Morgan fingerprint density at radius 1 is 1.35 bits per heavy atom. The molecular weight excluding hydrogens is 283 g/mol. The Balaban J connectivity index is 2.16. The van der Waals surface area contributed by atoms with Crippen LogP contribution >= 0.6 is 0 Å². The van der Waals surface area contributed by atoms with Crippen LogP contribution in [0.2, 0.25) is 0 Å². The number of nitrogens with one attached hydrogen (secondary N) is 1. The molecule has 20 heavy (non-hydrogen) atoms. The van der Waals surface area contributed by atoms with E-state index in [9.17, 15) is 17.6 Å². The van der Waals surface area contributed by atoms with Crippen molar-refractivity contribution in [2.24, 2.45) is 5.14 Å². The molecule has 0 aromatic heterocycles. The summed E-state index contributed by atoms with van der Waals surface area (Å²) in [5.41, 5.74) is -0.188. The topological polar surface area (TPSA) is 89.3 Å². The van der Waals surface area contributed by atoms with Gasteiger partial charge in [-0.2, -0.15) is 0 Å².